The molecule has 0 unspecified atom stereocenters. The third kappa shape index (κ3) is 6.90. The molecule has 9 nitrogen and oxygen atoms in total. The summed E-state index contributed by atoms with van der Waals surface area (Å²) in [5.41, 5.74) is 2.12. The number of nitrogens with zero attached hydrogens (tertiary/aromatic N) is 2. The van der Waals surface area contributed by atoms with Crippen molar-refractivity contribution in [2.45, 2.75) is 40.3 Å². The van der Waals surface area contributed by atoms with Crippen molar-refractivity contribution in [3.8, 4) is 11.5 Å². The van der Waals surface area contributed by atoms with Gasteiger partial charge in [-0.05, 0) is 43.0 Å². The van der Waals surface area contributed by atoms with Crippen LogP contribution in [0.1, 0.15) is 31.9 Å². The summed E-state index contributed by atoms with van der Waals surface area (Å²) in [6.07, 6.45) is 1.04. The molecule has 1 heterocycles. The van der Waals surface area contributed by atoms with E-state index in [1.54, 1.807) is 25.1 Å². The van der Waals surface area contributed by atoms with Gasteiger partial charge in [0.2, 0.25) is 21.8 Å². The molecule has 1 N–H and O–H groups in total. The molecular weight excluding hydrogens is 482 g/mol. The second-order valence-corrected chi connectivity index (χ2v) is 11.3. The maximum atomic E-state index is 13.6. The summed E-state index contributed by atoms with van der Waals surface area (Å²) in [7, 11) is -3.83. The first kappa shape index (κ1) is 27.3. The molecule has 0 saturated carbocycles. The highest BCUT2D eigenvalue weighted by atomic mass is 32.2. The number of benzene rings is 2. The number of hydrogen-bond donors (Lipinski definition) is 1. The van der Waals surface area contributed by atoms with Crippen LogP contribution >= 0.6 is 0 Å². The molecule has 0 spiro atoms. The van der Waals surface area contributed by atoms with E-state index >= 15 is 0 Å². The van der Waals surface area contributed by atoms with Crippen molar-refractivity contribution in [2.75, 3.05) is 36.9 Å². The largest absolute Gasteiger partial charge is 0.486 e. The van der Waals surface area contributed by atoms with Gasteiger partial charge in [-0.1, -0.05) is 38.1 Å². The van der Waals surface area contributed by atoms with Crippen molar-refractivity contribution in [3.63, 3.8) is 0 Å². The molecule has 0 saturated heterocycles. The van der Waals surface area contributed by atoms with Gasteiger partial charge in [0.1, 0.15) is 25.8 Å². The number of carbonyl (C=O) groups is 2. The molecule has 0 bridgehead atoms. The predicted octanol–water partition coefficient (Wildman–Crippen LogP) is 2.72. The van der Waals surface area contributed by atoms with Crippen LogP contribution in [-0.4, -0.2) is 63.7 Å². The minimum absolute atomic E-state index is 0.167. The van der Waals surface area contributed by atoms with Crippen LogP contribution in [0.4, 0.5) is 5.69 Å². The highest BCUT2D eigenvalue weighted by Gasteiger charge is 2.31. The monoisotopic (exact) mass is 517 g/mol. The van der Waals surface area contributed by atoms with Crippen LogP contribution in [0.15, 0.2) is 42.5 Å². The molecule has 2 aromatic rings. The van der Waals surface area contributed by atoms with Gasteiger partial charge >= 0.3 is 0 Å². The van der Waals surface area contributed by atoms with Crippen LogP contribution in [0.2, 0.25) is 0 Å². The molecule has 1 atom stereocenters. The Morgan fingerprint density at radius 3 is 2.33 bits per heavy atom. The fourth-order valence-corrected chi connectivity index (χ4v) is 4.65. The van der Waals surface area contributed by atoms with Crippen molar-refractivity contribution in [1.29, 1.82) is 0 Å². The van der Waals surface area contributed by atoms with E-state index < -0.39 is 28.5 Å². The van der Waals surface area contributed by atoms with E-state index in [1.807, 2.05) is 45.0 Å². The summed E-state index contributed by atoms with van der Waals surface area (Å²) in [6.45, 7) is 8.48. The third-order valence-electron chi connectivity index (χ3n) is 5.95. The van der Waals surface area contributed by atoms with Crippen LogP contribution in [0, 0.1) is 12.8 Å². The highest BCUT2D eigenvalue weighted by molar-refractivity contribution is 7.92. The Morgan fingerprint density at radius 2 is 1.69 bits per heavy atom. The first-order valence-corrected chi connectivity index (χ1v) is 13.8. The topological polar surface area (TPSA) is 105 Å². The summed E-state index contributed by atoms with van der Waals surface area (Å²) >= 11 is 0. The normalized spacial score (nSPS) is 13.7. The van der Waals surface area contributed by atoms with E-state index in [4.69, 9.17) is 9.47 Å². The Morgan fingerprint density at radius 1 is 1.03 bits per heavy atom. The van der Waals surface area contributed by atoms with Gasteiger partial charge in [-0.2, -0.15) is 0 Å². The van der Waals surface area contributed by atoms with Crippen molar-refractivity contribution in [1.82, 2.24) is 10.2 Å². The molecule has 0 radical (unpaired) electrons. The molecule has 0 aromatic heterocycles. The second-order valence-electron chi connectivity index (χ2n) is 9.36. The van der Waals surface area contributed by atoms with Crippen molar-refractivity contribution in [2.24, 2.45) is 5.92 Å². The Labute approximate surface area is 213 Å². The summed E-state index contributed by atoms with van der Waals surface area (Å²) < 4.78 is 37.7. The van der Waals surface area contributed by atoms with Crippen LogP contribution < -0.4 is 19.1 Å². The molecule has 36 heavy (non-hydrogen) atoms. The molecular formula is C26H35N3O6S. The quantitative estimate of drug-likeness (QED) is 0.520. The molecule has 196 valence electrons. The number of rotatable bonds is 10. The molecule has 0 aliphatic carbocycles. The van der Waals surface area contributed by atoms with Crippen molar-refractivity contribution in [3.05, 3.63) is 53.6 Å². The lowest BCUT2D eigenvalue weighted by Crippen LogP contribution is -2.51. The van der Waals surface area contributed by atoms with E-state index in [0.717, 1.165) is 21.7 Å². The van der Waals surface area contributed by atoms with E-state index in [-0.39, 0.29) is 24.1 Å². The number of anilines is 1. The lowest BCUT2D eigenvalue weighted by atomic mass is 10.1. The summed E-state index contributed by atoms with van der Waals surface area (Å²) in [5, 5.41) is 2.87. The van der Waals surface area contributed by atoms with Crippen LogP contribution in [-0.2, 0) is 26.2 Å². The van der Waals surface area contributed by atoms with E-state index in [2.05, 4.69) is 5.32 Å². The zero-order chi connectivity index (χ0) is 26.5. The molecule has 1 aliphatic heterocycles. The number of carbonyl (C=O) groups excluding carboxylic acids is 2. The molecule has 10 heteroatoms. The standard InChI is InChI=1S/C26H35N3O6S/c1-18(2)15-27-26(31)20(4)28(16-21-9-7-6-8-19(21)3)25(30)17-29(36(5,32)33)22-10-11-23-24(14-22)35-13-12-34-23/h6-11,14,18,20H,12-13,15-17H2,1-5H3,(H,27,31)/t20-/m0/s1. The Kier molecular flexibility index (Phi) is 8.84. The van der Waals surface area contributed by atoms with Crippen molar-refractivity contribution < 1.29 is 27.5 Å². The Hall–Kier alpha value is -3.27. The third-order valence-corrected chi connectivity index (χ3v) is 7.09. The lowest BCUT2D eigenvalue weighted by Gasteiger charge is -2.32. The van der Waals surface area contributed by atoms with Crippen LogP contribution in [0.3, 0.4) is 0 Å². The van der Waals surface area contributed by atoms with Crippen LogP contribution in [0.5, 0.6) is 11.5 Å². The maximum Gasteiger partial charge on any atom is 0.244 e. The molecule has 2 aromatic carbocycles. The Bertz CT molecular complexity index is 1200. The average molecular weight is 518 g/mol. The minimum Gasteiger partial charge on any atom is -0.486 e. The summed E-state index contributed by atoms with van der Waals surface area (Å²) in [6, 6.07) is 11.5. The SMILES string of the molecule is Cc1ccccc1CN(C(=O)CN(c1ccc2c(c1)OCCO2)S(C)(=O)=O)[C@@H](C)C(=O)NCC(C)C. The van der Waals surface area contributed by atoms with Gasteiger partial charge in [0.15, 0.2) is 11.5 Å². The van der Waals surface area contributed by atoms with Gasteiger partial charge in [-0.25, -0.2) is 8.42 Å². The van der Waals surface area contributed by atoms with Gasteiger partial charge in [-0.15, -0.1) is 0 Å². The molecule has 3 rings (SSSR count). The maximum absolute atomic E-state index is 13.6. The lowest BCUT2D eigenvalue weighted by molar-refractivity contribution is -0.139. The summed E-state index contributed by atoms with van der Waals surface area (Å²) in [4.78, 5) is 28.0. The first-order chi connectivity index (χ1) is 17.0. The fourth-order valence-electron chi connectivity index (χ4n) is 3.81. The minimum atomic E-state index is -3.83. The average Bonchev–Trinajstić information content (AvgIpc) is 2.83. The number of nitrogens with one attached hydrogen (secondary N) is 1. The van der Waals surface area contributed by atoms with Gasteiger partial charge in [-0.3, -0.25) is 13.9 Å². The number of aryl methyl sites for hydroxylation is 1. The zero-order valence-electron chi connectivity index (χ0n) is 21.5. The Balaban J connectivity index is 1.91. The fraction of sp³-hybridized carbons (Fsp3) is 0.462. The molecule has 0 fully saturated rings. The number of hydrogen-bond acceptors (Lipinski definition) is 6. The predicted molar refractivity (Wildman–Crippen MR) is 139 cm³/mol. The van der Waals surface area contributed by atoms with Crippen LogP contribution in [0.25, 0.3) is 0 Å². The van der Waals surface area contributed by atoms with Gasteiger partial charge in [0.25, 0.3) is 0 Å². The zero-order valence-corrected chi connectivity index (χ0v) is 22.3. The molecule has 2 amide bonds. The smallest absolute Gasteiger partial charge is 0.244 e. The number of amides is 2. The second kappa shape index (κ2) is 11.6. The van der Waals surface area contributed by atoms with E-state index in [0.29, 0.717) is 31.3 Å². The van der Waals surface area contributed by atoms with Crippen molar-refractivity contribution >= 4 is 27.5 Å². The molecule has 1 aliphatic rings. The van der Waals surface area contributed by atoms with Gasteiger partial charge in [0.05, 0.1) is 11.9 Å². The highest BCUT2D eigenvalue weighted by Crippen LogP contribution is 2.34. The number of fused-ring (bicyclic) bond motifs is 1. The number of ether oxygens (including phenoxy) is 2. The van der Waals surface area contributed by atoms with E-state index in [1.165, 1.54) is 4.90 Å². The van der Waals surface area contributed by atoms with E-state index in [9.17, 15) is 18.0 Å². The summed E-state index contributed by atoms with van der Waals surface area (Å²) in [5.74, 6) is 0.388. The number of sulfonamides is 1. The first-order valence-electron chi connectivity index (χ1n) is 12.0. The van der Waals surface area contributed by atoms with Gasteiger partial charge < -0.3 is 19.7 Å². The van der Waals surface area contributed by atoms with Gasteiger partial charge in [0, 0.05) is 19.2 Å².